The molecule has 0 saturated carbocycles. The molecule has 1 aliphatic heterocycles. The molecule has 1 aliphatic rings. The second-order valence-corrected chi connectivity index (χ2v) is 6.30. The number of urea groups is 1. The molecule has 27 heavy (non-hydrogen) atoms. The smallest absolute Gasteiger partial charge is 0.327 e. The van der Waals surface area contributed by atoms with Gasteiger partial charge in [-0.05, 0) is 29.8 Å². The van der Waals surface area contributed by atoms with Crippen LogP contribution in [-0.4, -0.2) is 59.9 Å². The van der Waals surface area contributed by atoms with E-state index in [0.29, 0.717) is 5.69 Å². The van der Waals surface area contributed by atoms with E-state index in [9.17, 15) is 19.2 Å². The number of nitrogens with one attached hydrogen (secondary N) is 1. The Kier molecular flexibility index (Phi) is 5.07. The van der Waals surface area contributed by atoms with Gasteiger partial charge >= 0.3 is 12.0 Å². The minimum Gasteiger partial charge on any atom is -0.451 e. The Balaban J connectivity index is 1.57. The summed E-state index contributed by atoms with van der Waals surface area (Å²) < 4.78 is 5.05. The zero-order chi connectivity index (χ0) is 19.6. The number of anilines is 1. The van der Waals surface area contributed by atoms with Crippen molar-refractivity contribution in [2.45, 2.75) is 13.0 Å². The van der Waals surface area contributed by atoms with E-state index in [-0.39, 0.29) is 6.54 Å². The molecule has 4 amide bonds. The second-order valence-electron chi connectivity index (χ2n) is 6.30. The first-order valence-electron chi connectivity index (χ1n) is 8.40. The summed E-state index contributed by atoms with van der Waals surface area (Å²) in [5.41, 5.74) is 0.577. The molecule has 3 rings (SSSR count). The van der Waals surface area contributed by atoms with Gasteiger partial charge in [-0.15, -0.1) is 0 Å². The van der Waals surface area contributed by atoms with Crippen LogP contribution in [0.1, 0.15) is 6.92 Å². The van der Waals surface area contributed by atoms with Crippen LogP contribution in [0.4, 0.5) is 10.5 Å². The first kappa shape index (κ1) is 18.4. The Labute approximate surface area is 155 Å². The summed E-state index contributed by atoms with van der Waals surface area (Å²) >= 11 is 0. The molecule has 1 N–H and O–H groups in total. The number of imide groups is 1. The molecular formula is C19H19N3O5. The number of fused-ring (bicyclic) bond motifs is 1. The van der Waals surface area contributed by atoms with Crippen molar-refractivity contribution >= 4 is 40.3 Å². The quantitative estimate of drug-likeness (QED) is 0.638. The standard InChI is InChI=1S/C19H19N3O5/c1-12(27-17(24)11-22-16(23)10-21(2)19(22)26)18(25)20-15-8-7-13-5-3-4-6-14(13)9-15/h3-9,12H,10-11H2,1-2H3,(H,20,25)/t12-/m1/s1. The Hall–Kier alpha value is -3.42. The van der Waals surface area contributed by atoms with Gasteiger partial charge in [0.2, 0.25) is 0 Å². The van der Waals surface area contributed by atoms with E-state index in [1.807, 2.05) is 36.4 Å². The van der Waals surface area contributed by atoms with Crippen LogP contribution in [0.25, 0.3) is 10.8 Å². The Morgan fingerprint density at radius 2 is 1.85 bits per heavy atom. The number of hydrogen-bond donors (Lipinski definition) is 1. The number of carbonyl (C=O) groups is 4. The second kappa shape index (κ2) is 7.45. The van der Waals surface area contributed by atoms with Crippen LogP contribution in [0, 0.1) is 0 Å². The Morgan fingerprint density at radius 3 is 2.52 bits per heavy atom. The third kappa shape index (κ3) is 4.05. The van der Waals surface area contributed by atoms with Crippen LogP contribution in [-0.2, 0) is 19.1 Å². The van der Waals surface area contributed by atoms with Crippen LogP contribution in [0.2, 0.25) is 0 Å². The van der Waals surface area contributed by atoms with Gasteiger partial charge in [-0.3, -0.25) is 19.3 Å². The van der Waals surface area contributed by atoms with Crippen molar-refractivity contribution in [3.63, 3.8) is 0 Å². The van der Waals surface area contributed by atoms with Crippen LogP contribution in [0.5, 0.6) is 0 Å². The van der Waals surface area contributed by atoms with Crippen molar-refractivity contribution in [1.82, 2.24) is 9.80 Å². The molecule has 0 bridgehead atoms. The van der Waals surface area contributed by atoms with Crippen LogP contribution in [0.3, 0.4) is 0 Å². The van der Waals surface area contributed by atoms with Gasteiger partial charge in [-0.25, -0.2) is 4.79 Å². The van der Waals surface area contributed by atoms with E-state index in [4.69, 9.17) is 4.74 Å². The average Bonchev–Trinajstić information content (AvgIpc) is 2.87. The number of hydrogen-bond acceptors (Lipinski definition) is 5. The van der Waals surface area contributed by atoms with Crippen molar-refractivity contribution < 1.29 is 23.9 Å². The summed E-state index contributed by atoms with van der Waals surface area (Å²) in [6, 6.07) is 12.6. The lowest BCUT2D eigenvalue weighted by Crippen LogP contribution is -2.39. The third-order valence-corrected chi connectivity index (χ3v) is 4.21. The van der Waals surface area contributed by atoms with Crippen LogP contribution < -0.4 is 5.32 Å². The molecule has 1 fully saturated rings. The number of benzene rings is 2. The van der Waals surface area contributed by atoms with Crippen molar-refractivity contribution in [3.05, 3.63) is 42.5 Å². The normalized spacial score (nSPS) is 15.2. The lowest BCUT2D eigenvalue weighted by atomic mass is 10.1. The van der Waals surface area contributed by atoms with Crippen LogP contribution >= 0.6 is 0 Å². The van der Waals surface area contributed by atoms with E-state index in [2.05, 4.69) is 5.32 Å². The highest BCUT2D eigenvalue weighted by molar-refractivity contribution is 6.04. The topological polar surface area (TPSA) is 96.0 Å². The van der Waals surface area contributed by atoms with E-state index < -0.39 is 36.5 Å². The fourth-order valence-electron chi connectivity index (χ4n) is 2.75. The number of nitrogens with zero attached hydrogens (tertiary/aromatic N) is 2. The maximum atomic E-state index is 12.3. The predicted octanol–water partition coefficient (Wildman–Crippen LogP) is 1.60. The van der Waals surface area contributed by atoms with Crippen molar-refractivity contribution in [2.75, 3.05) is 25.5 Å². The summed E-state index contributed by atoms with van der Waals surface area (Å²) in [6.07, 6.45) is -1.07. The zero-order valence-corrected chi connectivity index (χ0v) is 15.0. The van der Waals surface area contributed by atoms with E-state index in [1.165, 1.54) is 18.9 Å². The molecule has 2 aromatic carbocycles. The summed E-state index contributed by atoms with van der Waals surface area (Å²) in [4.78, 5) is 49.7. The third-order valence-electron chi connectivity index (χ3n) is 4.21. The number of carbonyl (C=O) groups excluding carboxylic acids is 4. The number of likely N-dealkylation sites (N-methyl/N-ethyl adjacent to an activating group) is 1. The number of amides is 4. The average molecular weight is 369 g/mol. The zero-order valence-electron chi connectivity index (χ0n) is 15.0. The van der Waals surface area contributed by atoms with E-state index in [0.717, 1.165) is 15.7 Å². The lowest BCUT2D eigenvalue weighted by Gasteiger charge is -2.17. The molecule has 0 unspecified atom stereocenters. The predicted molar refractivity (Wildman–Crippen MR) is 97.9 cm³/mol. The fraction of sp³-hybridized carbons (Fsp3) is 0.263. The molecule has 1 heterocycles. The van der Waals surface area contributed by atoms with Gasteiger partial charge in [0.05, 0.1) is 0 Å². The summed E-state index contributed by atoms with van der Waals surface area (Å²) in [6.45, 7) is 0.827. The molecule has 8 nitrogen and oxygen atoms in total. The fourth-order valence-corrected chi connectivity index (χ4v) is 2.75. The minimum atomic E-state index is -1.07. The maximum absolute atomic E-state index is 12.3. The summed E-state index contributed by atoms with van der Waals surface area (Å²) in [5, 5.41) is 4.69. The monoisotopic (exact) mass is 369 g/mol. The molecule has 1 atom stereocenters. The molecule has 2 aromatic rings. The molecule has 8 heteroatoms. The summed E-state index contributed by atoms with van der Waals surface area (Å²) in [7, 11) is 1.46. The minimum absolute atomic E-state index is 0.0792. The van der Waals surface area contributed by atoms with Gasteiger partial charge in [0.25, 0.3) is 11.8 Å². The summed E-state index contributed by atoms with van der Waals surface area (Å²) in [5.74, 6) is -1.81. The molecule has 1 saturated heterocycles. The molecule has 0 aromatic heterocycles. The number of esters is 1. The number of ether oxygens (including phenoxy) is 1. The maximum Gasteiger partial charge on any atom is 0.327 e. The first-order chi connectivity index (χ1) is 12.8. The van der Waals surface area contributed by atoms with E-state index in [1.54, 1.807) is 6.07 Å². The number of rotatable bonds is 5. The molecule has 140 valence electrons. The highest BCUT2D eigenvalue weighted by Gasteiger charge is 2.35. The highest BCUT2D eigenvalue weighted by Crippen LogP contribution is 2.19. The van der Waals surface area contributed by atoms with Gasteiger partial charge in [0, 0.05) is 12.7 Å². The van der Waals surface area contributed by atoms with Gasteiger partial charge in [-0.1, -0.05) is 30.3 Å². The highest BCUT2D eigenvalue weighted by atomic mass is 16.5. The van der Waals surface area contributed by atoms with Crippen molar-refractivity contribution in [2.24, 2.45) is 0 Å². The lowest BCUT2D eigenvalue weighted by molar-refractivity contribution is -0.154. The van der Waals surface area contributed by atoms with Gasteiger partial charge < -0.3 is 15.0 Å². The molecule has 0 aliphatic carbocycles. The molecular weight excluding hydrogens is 350 g/mol. The van der Waals surface area contributed by atoms with Gasteiger partial charge in [0.1, 0.15) is 13.1 Å². The Bertz CT molecular complexity index is 926. The molecule has 0 radical (unpaired) electrons. The van der Waals surface area contributed by atoms with Crippen molar-refractivity contribution in [1.29, 1.82) is 0 Å². The van der Waals surface area contributed by atoms with E-state index >= 15 is 0 Å². The largest absolute Gasteiger partial charge is 0.451 e. The van der Waals surface area contributed by atoms with Gasteiger partial charge in [0.15, 0.2) is 6.10 Å². The SMILES string of the molecule is C[C@@H](OC(=O)CN1C(=O)CN(C)C1=O)C(=O)Nc1ccc2ccccc2c1. The van der Waals surface area contributed by atoms with Crippen LogP contribution in [0.15, 0.2) is 42.5 Å². The molecule has 0 spiro atoms. The first-order valence-corrected chi connectivity index (χ1v) is 8.40. The van der Waals surface area contributed by atoms with Gasteiger partial charge in [-0.2, -0.15) is 0 Å². The van der Waals surface area contributed by atoms with Crippen molar-refractivity contribution in [3.8, 4) is 0 Å². The Morgan fingerprint density at radius 1 is 1.15 bits per heavy atom.